The smallest absolute Gasteiger partial charge is 0.222 e. The molecule has 1 amide bonds. The van der Waals surface area contributed by atoms with Gasteiger partial charge in [0.25, 0.3) is 0 Å². The minimum Gasteiger partial charge on any atom is -0.359 e. The monoisotopic (exact) mass is 385 g/mol. The molecule has 0 bridgehead atoms. The summed E-state index contributed by atoms with van der Waals surface area (Å²) in [6, 6.07) is 31.2. The zero-order chi connectivity index (χ0) is 20.1. The third kappa shape index (κ3) is 3.70. The molecule has 1 aliphatic heterocycles. The van der Waals surface area contributed by atoms with Crippen molar-refractivity contribution in [3.8, 4) is 0 Å². The van der Waals surface area contributed by atoms with Crippen LogP contribution in [0, 0.1) is 0 Å². The molecule has 1 saturated heterocycles. The van der Waals surface area contributed by atoms with Gasteiger partial charge in [0, 0.05) is 13.0 Å². The highest BCUT2D eigenvalue weighted by molar-refractivity contribution is 5.78. The molecule has 1 unspecified atom stereocenters. The summed E-state index contributed by atoms with van der Waals surface area (Å²) in [6.07, 6.45) is 1.46. The fourth-order valence-corrected chi connectivity index (χ4v) is 4.39. The van der Waals surface area contributed by atoms with Crippen LogP contribution in [-0.2, 0) is 15.1 Å². The van der Waals surface area contributed by atoms with Gasteiger partial charge in [-0.1, -0.05) is 91.0 Å². The first-order valence-corrected chi connectivity index (χ1v) is 10.4. The molecular weight excluding hydrogens is 358 g/mol. The maximum atomic E-state index is 12.2. The van der Waals surface area contributed by atoms with Gasteiger partial charge in [-0.3, -0.25) is 4.79 Å². The minimum absolute atomic E-state index is 0.114. The molecule has 0 aliphatic carbocycles. The van der Waals surface area contributed by atoms with E-state index in [1.54, 1.807) is 0 Å². The van der Waals surface area contributed by atoms with Crippen LogP contribution >= 0.6 is 0 Å². The maximum absolute atomic E-state index is 12.2. The second-order valence-corrected chi connectivity index (χ2v) is 7.46. The van der Waals surface area contributed by atoms with E-state index < -0.39 is 5.60 Å². The van der Waals surface area contributed by atoms with Gasteiger partial charge in [-0.25, -0.2) is 0 Å². The molecule has 29 heavy (non-hydrogen) atoms. The van der Waals surface area contributed by atoms with Crippen molar-refractivity contribution in [2.24, 2.45) is 0 Å². The SMILES string of the molecule is CCN1C(=O)CCC1COC(c1ccccc1)(c1ccccc1)c1ccccc1. The number of likely N-dealkylation sites (N-methyl/N-ethyl adjacent to an activating group) is 1. The molecule has 0 saturated carbocycles. The first-order chi connectivity index (χ1) is 14.3. The van der Waals surface area contributed by atoms with Crippen molar-refractivity contribution >= 4 is 5.91 Å². The molecule has 0 radical (unpaired) electrons. The zero-order valence-corrected chi connectivity index (χ0v) is 16.8. The summed E-state index contributed by atoms with van der Waals surface area (Å²) in [5.74, 6) is 0.228. The molecule has 3 aromatic rings. The Kier molecular flexibility index (Phi) is 5.77. The Hall–Kier alpha value is -2.91. The highest BCUT2D eigenvalue weighted by Crippen LogP contribution is 2.41. The summed E-state index contributed by atoms with van der Waals surface area (Å²) in [4.78, 5) is 14.2. The molecule has 1 heterocycles. The highest BCUT2D eigenvalue weighted by atomic mass is 16.5. The predicted octanol–water partition coefficient (Wildman–Crippen LogP) is 5.01. The Bertz CT molecular complexity index is 828. The fraction of sp³-hybridized carbons (Fsp3) is 0.269. The summed E-state index contributed by atoms with van der Waals surface area (Å²) in [5.41, 5.74) is 2.54. The number of benzene rings is 3. The van der Waals surface area contributed by atoms with Crippen LogP contribution < -0.4 is 0 Å². The van der Waals surface area contributed by atoms with E-state index in [9.17, 15) is 4.79 Å². The average Bonchev–Trinajstić information content (AvgIpc) is 3.16. The largest absolute Gasteiger partial charge is 0.359 e. The van der Waals surface area contributed by atoms with Gasteiger partial charge in [0.1, 0.15) is 5.60 Å². The van der Waals surface area contributed by atoms with E-state index in [1.807, 2.05) is 30.0 Å². The number of carbonyl (C=O) groups excluding carboxylic acids is 1. The Morgan fingerprint density at radius 1 is 0.828 bits per heavy atom. The second-order valence-electron chi connectivity index (χ2n) is 7.46. The van der Waals surface area contributed by atoms with E-state index >= 15 is 0 Å². The van der Waals surface area contributed by atoms with Crippen LogP contribution in [0.5, 0.6) is 0 Å². The van der Waals surface area contributed by atoms with E-state index in [2.05, 4.69) is 72.8 Å². The van der Waals surface area contributed by atoms with Crippen LogP contribution in [0.3, 0.4) is 0 Å². The lowest BCUT2D eigenvalue weighted by atomic mass is 9.80. The maximum Gasteiger partial charge on any atom is 0.222 e. The molecule has 0 aromatic heterocycles. The normalized spacial score (nSPS) is 16.9. The molecule has 3 heteroatoms. The van der Waals surface area contributed by atoms with Gasteiger partial charge in [0.05, 0.1) is 12.6 Å². The van der Waals surface area contributed by atoms with E-state index in [-0.39, 0.29) is 11.9 Å². The van der Waals surface area contributed by atoms with Gasteiger partial charge >= 0.3 is 0 Å². The standard InChI is InChI=1S/C26H27NO2/c1-2-27-24(18-19-25(27)28)20-29-26(21-12-6-3-7-13-21,22-14-8-4-9-15-22)23-16-10-5-11-17-23/h3-17,24H,2,18-20H2,1H3. The van der Waals surface area contributed by atoms with E-state index in [0.717, 1.165) is 29.7 Å². The molecule has 0 N–H and O–H groups in total. The third-order valence-electron chi connectivity index (χ3n) is 5.83. The number of rotatable bonds is 7. The molecule has 0 spiro atoms. The van der Waals surface area contributed by atoms with Gasteiger partial charge in [-0.05, 0) is 30.0 Å². The first kappa shape index (κ1) is 19.4. The van der Waals surface area contributed by atoms with Crippen LogP contribution in [0.4, 0.5) is 0 Å². The number of likely N-dealkylation sites (tertiary alicyclic amines) is 1. The number of carbonyl (C=O) groups is 1. The Morgan fingerprint density at radius 3 is 1.69 bits per heavy atom. The van der Waals surface area contributed by atoms with Gasteiger partial charge in [-0.2, -0.15) is 0 Å². The second kappa shape index (κ2) is 8.62. The van der Waals surface area contributed by atoms with E-state index in [1.165, 1.54) is 0 Å². The third-order valence-corrected chi connectivity index (χ3v) is 5.83. The molecule has 148 valence electrons. The zero-order valence-electron chi connectivity index (χ0n) is 16.8. The summed E-state index contributed by atoms with van der Waals surface area (Å²) in [6.45, 7) is 3.26. The minimum atomic E-state index is -0.727. The van der Waals surface area contributed by atoms with E-state index in [4.69, 9.17) is 4.74 Å². The predicted molar refractivity (Wildman–Crippen MR) is 116 cm³/mol. The fourth-order valence-electron chi connectivity index (χ4n) is 4.39. The van der Waals surface area contributed by atoms with Gasteiger partial charge in [0.2, 0.25) is 5.91 Å². The van der Waals surface area contributed by atoms with Crippen molar-refractivity contribution in [1.29, 1.82) is 0 Å². The van der Waals surface area contributed by atoms with Crippen LogP contribution in [0.15, 0.2) is 91.0 Å². The van der Waals surface area contributed by atoms with Crippen LogP contribution in [-0.4, -0.2) is 30.0 Å². The van der Waals surface area contributed by atoms with Crippen LogP contribution in [0.25, 0.3) is 0 Å². The van der Waals surface area contributed by atoms with Gasteiger partial charge < -0.3 is 9.64 Å². The number of hydrogen-bond acceptors (Lipinski definition) is 2. The first-order valence-electron chi connectivity index (χ1n) is 10.4. The topological polar surface area (TPSA) is 29.5 Å². The van der Waals surface area contributed by atoms with Crippen molar-refractivity contribution in [1.82, 2.24) is 4.90 Å². The highest BCUT2D eigenvalue weighted by Gasteiger charge is 2.39. The summed E-state index contributed by atoms with van der Waals surface area (Å²) < 4.78 is 6.86. The Balaban J connectivity index is 1.81. The van der Waals surface area contributed by atoms with Crippen molar-refractivity contribution in [2.45, 2.75) is 31.4 Å². The molecule has 1 fully saturated rings. The van der Waals surface area contributed by atoms with Gasteiger partial charge in [0.15, 0.2) is 0 Å². The lowest BCUT2D eigenvalue weighted by Crippen LogP contribution is -2.40. The average molecular weight is 386 g/mol. The Labute approximate surface area is 172 Å². The molecule has 1 atom stereocenters. The summed E-state index contributed by atoms with van der Waals surface area (Å²) in [5, 5.41) is 0. The van der Waals surface area contributed by atoms with Crippen molar-refractivity contribution < 1.29 is 9.53 Å². The molecule has 4 rings (SSSR count). The summed E-state index contributed by atoms with van der Waals surface area (Å²) >= 11 is 0. The number of amides is 1. The molecule has 3 aromatic carbocycles. The lowest BCUT2D eigenvalue weighted by Gasteiger charge is -2.37. The van der Waals surface area contributed by atoms with Crippen molar-refractivity contribution in [2.75, 3.05) is 13.2 Å². The molecular formula is C26H27NO2. The van der Waals surface area contributed by atoms with Gasteiger partial charge in [-0.15, -0.1) is 0 Å². The van der Waals surface area contributed by atoms with E-state index in [0.29, 0.717) is 13.0 Å². The van der Waals surface area contributed by atoms with Crippen LogP contribution in [0.2, 0.25) is 0 Å². The molecule has 3 nitrogen and oxygen atoms in total. The number of nitrogens with zero attached hydrogens (tertiary/aromatic N) is 1. The molecule has 1 aliphatic rings. The number of hydrogen-bond donors (Lipinski definition) is 0. The quantitative estimate of drug-likeness (QED) is 0.535. The van der Waals surface area contributed by atoms with Crippen LogP contribution in [0.1, 0.15) is 36.5 Å². The lowest BCUT2D eigenvalue weighted by molar-refractivity contribution is -0.130. The van der Waals surface area contributed by atoms with Crippen molar-refractivity contribution in [3.05, 3.63) is 108 Å². The van der Waals surface area contributed by atoms with Crippen molar-refractivity contribution in [3.63, 3.8) is 0 Å². The number of ether oxygens (including phenoxy) is 1. The summed E-state index contributed by atoms with van der Waals surface area (Å²) in [7, 11) is 0. The Morgan fingerprint density at radius 2 is 1.28 bits per heavy atom.